The Kier molecular flexibility index (Phi) is 5.91. The van der Waals surface area contributed by atoms with Crippen molar-refractivity contribution in [3.63, 3.8) is 0 Å². The normalized spacial score (nSPS) is 24.1. The Morgan fingerprint density at radius 3 is 2.81 bits per heavy atom. The van der Waals surface area contributed by atoms with Crippen molar-refractivity contribution in [1.29, 1.82) is 0 Å². The SMILES string of the molecule is CCC(N)Cc1ccc(N2CC(C)OCC2CC)cc1Cl. The van der Waals surface area contributed by atoms with Crippen molar-refractivity contribution in [2.75, 3.05) is 18.1 Å². The van der Waals surface area contributed by atoms with Gasteiger partial charge in [0.1, 0.15) is 0 Å². The summed E-state index contributed by atoms with van der Waals surface area (Å²) in [4.78, 5) is 2.42. The van der Waals surface area contributed by atoms with Crippen LogP contribution < -0.4 is 10.6 Å². The van der Waals surface area contributed by atoms with Gasteiger partial charge in [-0.05, 0) is 43.9 Å². The molecule has 0 amide bonds. The molecule has 0 saturated carbocycles. The van der Waals surface area contributed by atoms with Crippen LogP contribution in [0.5, 0.6) is 0 Å². The van der Waals surface area contributed by atoms with Crippen molar-refractivity contribution < 1.29 is 4.74 Å². The number of benzene rings is 1. The molecule has 1 aliphatic rings. The number of nitrogens with two attached hydrogens (primary N) is 1. The topological polar surface area (TPSA) is 38.5 Å². The van der Waals surface area contributed by atoms with Crippen molar-refractivity contribution in [3.05, 3.63) is 28.8 Å². The van der Waals surface area contributed by atoms with E-state index < -0.39 is 0 Å². The minimum Gasteiger partial charge on any atom is -0.375 e. The summed E-state index contributed by atoms with van der Waals surface area (Å²) in [6, 6.07) is 6.99. The molecule has 118 valence electrons. The van der Waals surface area contributed by atoms with Gasteiger partial charge in [0.25, 0.3) is 0 Å². The van der Waals surface area contributed by atoms with E-state index in [0.717, 1.165) is 43.0 Å². The minimum absolute atomic E-state index is 0.181. The number of halogens is 1. The van der Waals surface area contributed by atoms with E-state index in [1.54, 1.807) is 0 Å². The van der Waals surface area contributed by atoms with Gasteiger partial charge in [-0.1, -0.05) is 31.5 Å². The fraction of sp³-hybridized carbons (Fsp3) is 0.647. The Hall–Kier alpha value is -0.770. The summed E-state index contributed by atoms with van der Waals surface area (Å²) in [6.07, 6.45) is 3.15. The van der Waals surface area contributed by atoms with Gasteiger partial charge in [0.15, 0.2) is 0 Å². The summed E-state index contributed by atoms with van der Waals surface area (Å²) in [5.41, 5.74) is 8.36. The zero-order valence-corrected chi connectivity index (χ0v) is 14.1. The number of rotatable bonds is 5. The molecule has 21 heavy (non-hydrogen) atoms. The molecule has 3 nitrogen and oxygen atoms in total. The van der Waals surface area contributed by atoms with Crippen LogP contribution in [0.1, 0.15) is 39.2 Å². The van der Waals surface area contributed by atoms with Crippen LogP contribution in [0, 0.1) is 0 Å². The van der Waals surface area contributed by atoms with Gasteiger partial charge in [0, 0.05) is 23.3 Å². The van der Waals surface area contributed by atoms with Crippen LogP contribution >= 0.6 is 11.6 Å². The first-order chi connectivity index (χ1) is 10.0. The molecule has 4 heteroatoms. The Balaban J connectivity index is 2.17. The van der Waals surface area contributed by atoms with Crippen molar-refractivity contribution in [3.8, 4) is 0 Å². The lowest BCUT2D eigenvalue weighted by Crippen LogP contribution is -2.48. The molecule has 1 aliphatic heterocycles. The Morgan fingerprint density at radius 2 is 2.19 bits per heavy atom. The highest BCUT2D eigenvalue weighted by atomic mass is 35.5. The van der Waals surface area contributed by atoms with Gasteiger partial charge >= 0.3 is 0 Å². The number of nitrogens with zero attached hydrogens (tertiary/aromatic N) is 1. The van der Waals surface area contributed by atoms with Crippen LogP contribution in [0.2, 0.25) is 5.02 Å². The van der Waals surface area contributed by atoms with Crippen LogP contribution in [0.3, 0.4) is 0 Å². The molecule has 3 atom stereocenters. The monoisotopic (exact) mass is 310 g/mol. The van der Waals surface area contributed by atoms with Crippen molar-refractivity contribution in [1.82, 2.24) is 0 Å². The molecule has 2 rings (SSSR count). The van der Waals surface area contributed by atoms with Crippen LogP contribution in [0.4, 0.5) is 5.69 Å². The molecule has 0 aliphatic carbocycles. The van der Waals surface area contributed by atoms with Crippen LogP contribution in [0.25, 0.3) is 0 Å². The van der Waals surface area contributed by atoms with Crippen LogP contribution in [0.15, 0.2) is 18.2 Å². The predicted molar refractivity (Wildman–Crippen MR) is 90.3 cm³/mol. The molecule has 0 bridgehead atoms. The van der Waals surface area contributed by atoms with Gasteiger partial charge in [-0.25, -0.2) is 0 Å². The molecular weight excluding hydrogens is 284 g/mol. The van der Waals surface area contributed by atoms with Gasteiger partial charge in [-0.15, -0.1) is 0 Å². The first kappa shape index (κ1) is 16.6. The summed E-state index contributed by atoms with van der Waals surface area (Å²) in [7, 11) is 0. The van der Waals surface area contributed by atoms with E-state index >= 15 is 0 Å². The predicted octanol–water partition coefficient (Wildman–Crippen LogP) is 3.62. The standard InChI is InChI=1S/C17H27ClN2O/c1-4-14(19)8-13-6-7-16(9-17(13)18)20-10-12(3)21-11-15(20)5-2/h6-7,9,12,14-15H,4-5,8,10-11,19H2,1-3H3. The van der Waals surface area contributed by atoms with E-state index in [1.807, 2.05) is 0 Å². The average Bonchev–Trinajstić information content (AvgIpc) is 2.49. The first-order valence-corrected chi connectivity index (χ1v) is 8.35. The van der Waals surface area contributed by atoms with E-state index in [2.05, 4.69) is 43.9 Å². The molecule has 3 unspecified atom stereocenters. The first-order valence-electron chi connectivity index (χ1n) is 7.97. The molecule has 1 saturated heterocycles. The number of hydrogen-bond acceptors (Lipinski definition) is 3. The second kappa shape index (κ2) is 7.48. The van der Waals surface area contributed by atoms with E-state index in [0.29, 0.717) is 6.04 Å². The highest BCUT2D eigenvalue weighted by Crippen LogP contribution is 2.28. The number of anilines is 1. The summed E-state index contributed by atoms with van der Waals surface area (Å²) in [5, 5.41) is 0.824. The zero-order chi connectivity index (χ0) is 15.4. The Labute approximate surface area is 133 Å². The van der Waals surface area contributed by atoms with Gasteiger partial charge < -0.3 is 15.4 Å². The largest absolute Gasteiger partial charge is 0.375 e. The molecule has 1 fully saturated rings. The fourth-order valence-electron chi connectivity index (χ4n) is 2.81. The Bertz CT molecular complexity index is 466. The lowest BCUT2D eigenvalue weighted by molar-refractivity contribution is 0.0299. The highest BCUT2D eigenvalue weighted by Gasteiger charge is 2.26. The summed E-state index contributed by atoms with van der Waals surface area (Å²) < 4.78 is 5.76. The molecule has 0 radical (unpaired) electrons. The third kappa shape index (κ3) is 4.12. The Morgan fingerprint density at radius 1 is 1.43 bits per heavy atom. The van der Waals surface area contributed by atoms with Crippen molar-refractivity contribution in [2.45, 2.75) is 58.2 Å². The summed E-state index contributed by atoms with van der Waals surface area (Å²) in [6.45, 7) is 8.14. The lowest BCUT2D eigenvalue weighted by atomic mass is 10.0. The molecule has 2 N–H and O–H groups in total. The number of ether oxygens (including phenoxy) is 1. The van der Waals surface area contributed by atoms with Crippen LogP contribution in [-0.4, -0.2) is 31.3 Å². The lowest BCUT2D eigenvalue weighted by Gasteiger charge is -2.40. The third-order valence-electron chi connectivity index (χ3n) is 4.31. The quantitative estimate of drug-likeness (QED) is 0.902. The zero-order valence-electron chi connectivity index (χ0n) is 13.3. The molecule has 0 spiro atoms. The second-order valence-corrected chi connectivity index (χ2v) is 6.41. The van der Waals surface area contributed by atoms with E-state index in [-0.39, 0.29) is 12.1 Å². The van der Waals surface area contributed by atoms with Gasteiger partial charge in [0.05, 0.1) is 18.8 Å². The fourth-order valence-corrected chi connectivity index (χ4v) is 3.06. The van der Waals surface area contributed by atoms with Crippen LogP contribution in [-0.2, 0) is 11.2 Å². The molecule has 1 heterocycles. The van der Waals surface area contributed by atoms with E-state index in [1.165, 1.54) is 5.69 Å². The molecule has 1 aromatic carbocycles. The summed E-state index contributed by atoms with van der Waals surface area (Å²) >= 11 is 6.46. The van der Waals surface area contributed by atoms with Gasteiger partial charge in [0.2, 0.25) is 0 Å². The van der Waals surface area contributed by atoms with Gasteiger partial charge in [-0.2, -0.15) is 0 Å². The minimum atomic E-state index is 0.181. The number of morpholine rings is 1. The highest BCUT2D eigenvalue weighted by molar-refractivity contribution is 6.31. The van der Waals surface area contributed by atoms with Gasteiger partial charge in [-0.3, -0.25) is 0 Å². The maximum absolute atomic E-state index is 6.46. The average molecular weight is 311 g/mol. The number of hydrogen-bond donors (Lipinski definition) is 1. The molecular formula is C17H27ClN2O. The van der Waals surface area contributed by atoms with E-state index in [9.17, 15) is 0 Å². The third-order valence-corrected chi connectivity index (χ3v) is 4.67. The maximum Gasteiger partial charge on any atom is 0.0723 e. The molecule has 1 aromatic rings. The second-order valence-electron chi connectivity index (χ2n) is 6.01. The van der Waals surface area contributed by atoms with E-state index in [4.69, 9.17) is 22.1 Å². The molecule has 0 aromatic heterocycles. The maximum atomic E-state index is 6.46. The van der Waals surface area contributed by atoms with Crippen molar-refractivity contribution >= 4 is 17.3 Å². The van der Waals surface area contributed by atoms with Crippen molar-refractivity contribution in [2.24, 2.45) is 5.73 Å². The smallest absolute Gasteiger partial charge is 0.0723 e. The summed E-state index contributed by atoms with van der Waals surface area (Å²) in [5.74, 6) is 0.